The largest absolute Gasteiger partial charge is 0.0984 e. The van der Waals surface area contributed by atoms with Gasteiger partial charge in [-0.2, -0.15) is 0 Å². The van der Waals surface area contributed by atoms with Gasteiger partial charge in [0.15, 0.2) is 0 Å². The van der Waals surface area contributed by atoms with Crippen LogP contribution in [0.2, 0.25) is 0 Å². The van der Waals surface area contributed by atoms with Crippen LogP contribution in [-0.4, -0.2) is 0 Å². The van der Waals surface area contributed by atoms with Crippen molar-refractivity contribution in [1.29, 1.82) is 0 Å². The fraction of sp³-hybridized carbons (Fsp3) is 0.120. The zero-order valence-corrected chi connectivity index (χ0v) is 15.2. The first-order valence-corrected chi connectivity index (χ1v) is 8.82. The first kappa shape index (κ1) is 18.5. The quantitative estimate of drug-likeness (QED) is 0.436. The molecular formula is C25H26. The molecule has 25 heavy (non-hydrogen) atoms. The molecule has 0 unspecified atom stereocenters. The second-order valence-corrected chi connectivity index (χ2v) is 5.55. The van der Waals surface area contributed by atoms with E-state index < -0.39 is 0 Å². The molecule has 0 nitrogen and oxygen atoms in total. The maximum absolute atomic E-state index is 3.94. The van der Waals surface area contributed by atoms with Crippen molar-refractivity contribution in [1.82, 2.24) is 0 Å². The van der Waals surface area contributed by atoms with Gasteiger partial charge in [-0.15, -0.1) is 0 Å². The Bertz CT molecular complexity index is 758. The Morgan fingerprint density at radius 1 is 0.600 bits per heavy atom. The molecule has 3 aromatic carbocycles. The topological polar surface area (TPSA) is 0 Å². The van der Waals surface area contributed by atoms with Gasteiger partial charge in [0, 0.05) is 5.92 Å². The monoisotopic (exact) mass is 326 g/mol. The maximum atomic E-state index is 3.94. The molecule has 126 valence electrons. The summed E-state index contributed by atoms with van der Waals surface area (Å²) in [4.78, 5) is 0. The van der Waals surface area contributed by atoms with E-state index in [4.69, 9.17) is 0 Å². The molecule has 0 aromatic heterocycles. The molecular weight excluding hydrogens is 300 g/mol. The van der Waals surface area contributed by atoms with Crippen molar-refractivity contribution < 1.29 is 0 Å². The van der Waals surface area contributed by atoms with Crippen molar-refractivity contribution in [2.75, 3.05) is 0 Å². The van der Waals surface area contributed by atoms with E-state index in [0.29, 0.717) is 0 Å². The van der Waals surface area contributed by atoms with Crippen LogP contribution >= 0.6 is 0 Å². The molecule has 0 fully saturated rings. The summed E-state index contributed by atoms with van der Waals surface area (Å²) in [5, 5.41) is 0. The highest BCUT2D eigenvalue weighted by Gasteiger charge is 2.16. The molecule has 0 aliphatic carbocycles. The minimum atomic E-state index is 0.218. The Morgan fingerprint density at radius 2 is 1.08 bits per heavy atom. The molecule has 0 saturated carbocycles. The molecule has 0 heteroatoms. The van der Waals surface area contributed by atoms with E-state index in [0.717, 1.165) is 11.1 Å². The fourth-order valence-corrected chi connectivity index (χ4v) is 3.00. The lowest BCUT2D eigenvalue weighted by Gasteiger charge is -2.20. The predicted octanol–water partition coefficient (Wildman–Crippen LogP) is 7.18. The van der Waals surface area contributed by atoms with Gasteiger partial charge in [0.05, 0.1) is 0 Å². The van der Waals surface area contributed by atoms with Gasteiger partial charge >= 0.3 is 0 Å². The lowest BCUT2D eigenvalue weighted by Crippen LogP contribution is -2.03. The summed E-state index contributed by atoms with van der Waals surface area (Å²) in [6.07, 6.45) is 3.77. The highest BCUT2D eigenvalue weighted by atomic mass is 14.2. The van der Waals surface area contributed by atoms with Crippen LogP contribution < -0.4 is 0 Å². The second-order valence-electron chi connectivity index (χ2n) is 5.55. The van der Waals surface area contributed by atoms with E-state index in [9.17, 15) is 0 Å². The highest BCUT2D eigenvalue weighted by Crippen LogP contribution is 2.33. The molecule has 0 saturated heterocycles. The van der Waals surface area contributed by atoms with Gasteiger partial charge in [-0.3, -0.25) is 0 Å². The lowest BCUT2D eigenvalue weighted by molar-refractivity contribution is 0.976. The average Bonchev–Trinajstić information content (AvgIpc) is 2.71. The van der Waals surface area contributed by atoms with Crippen LogP contribution in [0, 0.1) is 0 Å². The second kappa shape index (κ2) is 9.44. The van der Waals surface area contributed by atoms with Crippen LogP contribution in [0.4, 0.5) is 0 Å². The molecule has 0 radical (unpaired) electrons. The smallest absolute Gasteiger partial charge is 0.0340 e. The van der Waals surface area contributed by atoms with Gasteiger partial charge in [-0.25, -0.2) is 0 Å². The van der Waals surface area contributed by atoms with Gasteiger partial charge in [0.1, 0.15) is 0 Å². The minimum Gasteiger partial charge on any atom is -0.0984 e. The summed E-state index contributed by atoms with van der Waals surface area (Å²) in [5.74, 6) is 0.218. The van der Waals surface area contributed by atoms with Crippen molar-refractivity contribution >= 4 is 12.2 Å². The summed E-state index contributed by atoms with van der Waals surface area (Å²) in [7, 11) is 0. The van der Waals surface area contributed by atoms with Gasteiger partial charge in [0.2, 0.25) is 0 Å². The first-order chi connectivity index (χ1) is 12.3. The van der Waals surface area contributed by atoms with E-state index in [2.05, 4.69) is 92.0 Å². The van der Waals surface area contributed by atoms with Crippen molar-refractivity contribution in [3.63, 3.8) is 0 Å². The number of rotatable bonds is 5. The van der Waals surface area contributed by atoms with Crippen molar-refractivity contribution in [2.24, 2.45) is 0 Å². The van der Waals surface area contributed by atoms with Gasteiger partial charge in [0.25, 0.3) is 0 Å². The number of hydrogen-bond acceptors (Lipinski definition) is 0. The minimum absolute atomic E-state index is 0.218. The Kier molecular flexibility index (Phi) is 6.98. The van der Waals surface area contributed by atoms with Crippen LogP contribution in [0.3, 0.4) is 0 Å². The molecule has 3 aromatic rings. The number of hydrogen-bond donors (Lipinski definition) is 0. The van der Waals surface area contributed by atoms with Gasteiger partial charge < -0.3 is 0 Å². The van der Waals surface area contributed by atoms with Crippen LogP contribution in [0.15, 0.2) is 92.0 Å². The van der Waals surface area contributed by atoms with E-state index in [-0.39, 0.29) is 5.92 Å². The molecule has 3 rings (SSSR count). The first-order valence-electron chi connectivity index (χ1n) is 8.82. The Labute approximate surface area is 152 Å². The molecule has 0 spiro atoms. The standard InChI is InChI=1S/C23H20.C2H6/c1-3-18-15-16-22(17-19(18)4-2)23(20-11-7-5-8-12-20)21-13-9-6-10-14-21;1-2/h3-17,23H,1-2H2;1-2H3. The SMILES string of the molecule is C=Cc1ccc(C(c2ccccc2)c2ccccc2)cc1C=C.CC. The molecule has 0 atom stereocenters. The Hall–Kier alpha value is -2.86. The summed E-state index contributed by atoms with van der Waals surface area (Å²) in [5.41, 5.74) is 6.08. The third kappa shape index (κ3) is 4.36. The molecule has 0 amide bonds. The van der Waals surface area contributed by atoms with Crippen LogP contribution in [-0.2, 0) is 0 Å². The highest BCUT2D eigenvalue weighted by molar-refractivity contribution is 5.65. The summed E-state index contributed by atoms with van der Waals surface area (Å²) < 4.78 is 0. The molecule has 0 aliphatic rings. The normalized spacial score (nSPS) is 9.88. The zero-order chi connectivity index (χ0) is 18.1. The van der Waals surface area contributed by atoms with Crippen molar-refractivity contribution in [3.8, 4) is 0 Å². The third-order valence-corrected chi connectivity index (χ3v) is 4.15. The molecule has 0 aliphatic heterocycles. The average molecular weight is 326 g/mol. The molecule has 0 bridgehead atoms. The Morgan fingerprint density at radius 3 is 1.52 bits per heavy atom. The lowest BCUT2D eigenvalue weighted by atomic mass is 9.84. The Balaban J connectivity index is 0.00000109. The van der Waals surface area contributed by atoms with Gasteiger partial charge in [-0.1, -0.05) is 118 Å². The predicted molar refractivity (Wildman–Crippen MR) is 112 cm³/mol. The van der Waals surface area contributed by atoms with Gasteiger partial charge in [-0.05, 0) is 27.8 Å². The van der Waals surface area contributed by atoms with Crippen molar-refractivity contribution in [3.05, 3.63) is 120 Å². The van der Waals surface area contributed by atoms with Crippen LogP contribution in [0.5, 0.6) is 0 Å². The van der Waals surface area contributed by atoms with E-state index in [1.165, 1.54) is 16.7 Å². The van der Waals surface area contributed by atoms with E-state index in [1.54, 1.807) is 0 Å². The van der Waals surface area contributed by atoms with Crippen LogP contribution in [0.1, 0.15) is 47.6 Å². The molecule has 0 N–H and O–H groups in total. The number of benzene rings is 3. The van der Waals surface area contributed by atoms with Crippen LogP contribution in [0.25, 0.3) is 12.2 Å². The fourth-order valence-electron chi connectivity index (χ4n) is 3.00. The maximum Gasteiger partial charge on any atom is 0.0340 e. The zero-order valence-electron chi connectivity index (χ0n) is 15.2. The molecule has 0 heterocycles. The summed E-state index contributed by atoms with van der Waals surface area (Å²) in [6, 6.07) is 27.8. The van der Waals surface area contributed by atoms with E-state index in [1.807, 2.05) is 26.0 Å². The van der Waals surface area contributed by atoms with E-state index >= 15 is 0 Å². The summed E-state index contributed by atoms with van der Waals surface area (Å²) in [6.45, 7) is 11.8. The third-order valence-electron chi connectivity index (χ3n) is 4.15. The summed E-state index contributed by atoms with van der Waals surface area (Å²) >= 11 is 0. The van der Waals surface area contributed by atoms with Crippen molar-refractivity contribution in [2.45, 2.75) is 19.8 Å².